The number of anilines is 1. The summed E-state index contributed by atoms with van der Waals surface area (Å²) < 4.78 is 5.68. The number of nitrogens with two attached hydrogens (primary N) is 1. The highest BCUT2D eigenvalue weighted by atomic mass is 32.2. The number of para-hydroxylation sites is 1. The first-order chi connectivity index (χ1) is 10.2. The summed E-state index contributed by atoms with van der Waals surface area (Å²) in [6, 6.07) is 15.7. The van der Waals surface area contributed by atoms with E-state index >= 15 is 0 Å². The van der Waals surface area contributed by atoms with E-state index in [2.05, 4.69) is 10.2 Å². The molecule has 0 saturated carbocycles. The molecule has 0 bridgehead atoms. The molecule has 1 aromatic heterocycles. The maximum Gasteiger partial charge on any atom is 0.247 e. The quantitative estimate of drug-likeness (QED) is 0.584. The lowest BCUT2D eigenvalue weighted by Crippen LogP contribution is -1.92. The van der Waals surface area contributed by atoms with Crippen LogP contribution in [0.5, 0.6) is 0 Å². The zero-order chi connectivity index (χ0) is 14.7. The molecule has 0 saturated heterocycles. The van der Waals surface area contributed by atoms with E-state index in [-0.39, 0.29) is 0 Å². The van der Waals surface area contributed by atoms with Gasteiger partial charge in [-0.1, -0.05) is 30.3 Å². The lowest BCUT2D eigenvalue weighted by Gasteiger charge is -2.05. The molecule has 2 N–H and O–H groups in total. The number of aryl methyl sites for hydroxylation is 1. The van der Waals surface area contributed by atoms with Crippen LogP contribution in [-0.2, 0) is 5.75 Å². The van der Waals surface area contributed by atoms with Gasteiger partial charge in [-0.3, -0.25) is 0 Å². The number of hydrogen-bond donors (Lipinski definition) is 1. The predicted molar refractivity (Wildman–Crippen MR) is 84.9 cm³/mol. The Morgan fingerprint density at radius 3 is 2.67 bits per heavy atom. The first-order valence-corrected chi connectivity index (χ1v) is 7.58. The van der Waals surface area contributed by atoms with Crippen LogP contribution in [0.1, 0.15) is 11.5 Å². The van der Waals surface area contributed by atoms with Gasteiger partial charge in [-0.25, -0.2) is 0 Å². The zero-order valence-electron chi connectivity index (χ0n) is 11.6. The van der Waals surface area contributed by atoms with Crippen molar-refractivity contribution in [2.24, 2.45) is 0 Å². The van der Waals surface area contributed by atoms with Crippen molar-refractivity contribution < 1.29 is 4.42 Å². The monoisotopic (exact) mass is 297 g/mol. The molecule has 3 rings (SSSR count). The number of nitrogen functional groups attached to an aromatic ring is 1. The Hall–Kier alpha value is -2.27. The highest BCUT2D eigenvalue weighted by molar-refractivity contribution is 7.98. The number of rotatable bonds is 4. The molecule has 1 heterocycles. The molecule has 3 aromatic rings. The van der Waals surface area contributed by atoms with Crippen molar-refractivity contribution in [2.45, 2.75) is 17.6 Å². The van der Waals surface area contributed by atoms with Gasteiger partial charge >= 0.3 is 0 Å². The molecule has 0 amide bonds. The number of nitrogens with zero attached hydrogens (tertiary/aromatic N) is 2. The zero-order valence-corrected chi connectivity index (χ0v) is 12.4. The molecule has 0 aliphatic rings. The topological polar surface area (TPSA) is 64.9 Å². The van der Waals surface area contributed by atoms with Crippen molar-refractivity contribution in [3.05, 3.63) is 60.0 Å². The Morgan fingerprint density at radius 1 is 1.05 bits per heavy atom. The first-order valence-electron chi connectivity index (χ1n) is 6.60. The summed E-state index contributed by atoms with van der Waals surface area (Å²) >= 11 is 1.60. The molecule has 2 aromatic carbocycles. The van der Waals surface area contributed by atoms with Crippen molar-refractivity contribution in [3.63, 3.8) is 0 Å². The van der Waals surface area contributed by atoms with E-state index in [1.165, 1.54) is 0 Å². The third-order valence-electron chi connectivity index (χ3n) is 3.12. The second-order valence-corrected chi connectivity index (χ2v) is 5.66. The Bertz CT molecular complexity index is 740. The van der Waals surface area contributed by atoms with Crippen LogP contribution in [0, 0.1) is 6.92 Å². The van der Waals surface area contributed by atoms with Gasteiger partial charge in [0, 0.05) is 16.1 Å². The fraction of sp³-hybridized carbons (Fsp3) is 0.125. The standard InChI is InChI=1S/C16H15N3OS/c1-11-6-5-9-13(15(11)17)21-10-14-18-19-16(20-14)12-7-3-2-4-8-12/h2-9H,10,17H2,1H3. The third kappa shape index (κ3) is 3.08. The Kier molecular flexibility index (Phi) is 3.92. The van der Waals surface area contributed by atoms with Crippen molar-refractivity contribution >= 4 is 17.4 Å². The van der Waals surface area contributed by atoms with Gasteiger partial charge in [-0.15, -0.1) is 22.0 Å². The molecule has 5 heteroatoms. The third-order valence-corrected chi connectivity index (χ3v) is 4.18. The van der Waals surface area contributed by atoms with E-state index in [9.17, 15) is 0 Å². The lowest BCUT2D eigenvalue weighted by molar-refractivity contribution is 0.528. The molecule has 0 radical (unpaired) electrons. The van der Waals surface area contributed by atoms with E-state index in [1.54, 1.807) is 11.8 Å². The molecule has 0 aliphatic carbocycles. The van der Waals surface area contributed by atoms with Crippen LogP contribution in [0.4, 0.5) is 5.69 Å². The summed E-state index contributed by atoms with van der Waals surface area (Å²) in [6.45, 7) is 2.00. The largest absolute Gasteiger partial charge is 0.420 e. The van der Waals surface area contributed by atoms with Crippen LogP contribution in [0.25, 0.3) is 11.5 Å². The van der Waals surface area contributed by atoms with Crippen LogP contribution in [0.3, 0.4) is 0 Å². The summed E-state index contributed by atoms with van der Waals surface area (Å²) in [5, 5.41) is 8.16. The van der Waals surface area contributed by atoms with Gasteiger partial charge in [0.05, 0.1) is 5.75 Å². The first kappa shape index (κ1) is 13.7. The van der Waals surface area contributed by atoms with Crippen LogP contribution in [0.2, 0.25) is 0 Å². The summed E-state index contributed by atoms with van der Waals surface area (Å²) in [4.78, 5) is 1.04. The van der Waals surface area contributed by atoms with Gasteiger partial charge in [0.25, 0.3) is 0 Å². The van der Waals surface area contributed by atoms with E-state index in [0.29, 0.717) is 17.5 Å². The lowest BCUT2D eigenvalue weighted by atomic mass is 10.2. The fourth-order valence-corrected chi connectivity index (χ4v) is 2.82. The molecule has 4 nitrogen and oxygen atoms in total. The highest BCUT2D eigenvalue weighted by Crippen LogP contribution is 2.30. The minimum Gasteiger partial charge on any atom is -0.420 e. The van der Waals surface area contributed by atoms with Crippen molar-refractivity contribution in [1.82, 2.24) is 10.2 Å². The summed E-state index contributed by atoms with van der Waals surface area (Å²) in [6.07, 6.45) is 0. The summed E-state index contributed by atoms with van der Waals surface area (Å²) in [7, 11) is 0. The van der Waals surface area contributed by atoms with Gasteiger partial charge < -0.3 is 10.2 Å². The maximum atomic E-state index is 6.06. The molecule has 0 fully saturated rings. The summed E-state index contributed by atoms with van der Waals surface area (Å²) in [5.41, 5.74) is 8.87. The number of benzene rings is 2. The van der Waals surface area contributed by atoms with Gasteiger partial charge in [0.1, 0.15) is 0 Å². The average molecular weight is 297 g/mol. The van der Waals surface area contributed by atoms with Crippen molar-refractivity contribution in [2.75, 3.05) is 5.73 Å². The van der Waals surface area contributed by atoms with E-state index in [4.69, 9.17) is 10.2 Å². The molecule has 0 spiro atoms. The second kappa shape index (κ2) is 6.01. The highest BCUT2D eigenvalue weighted by Gasteiger charge is 2.09. The van der Waals surface area contributed by atoms with Crippen LogP contribution in [-0.4, -0.2) is 10.2 Å². The second-order valence-electron chi connectivity index (χ2n) is 4.64. The maximum absolute atomic E-state index is 6.06. The normalized spacial score (nSPS) is 10.7. The number of thioether (sulfide) groups is 1. The van der Waals surface area contributed by atoms with Crippen molar-refractivity contribution in [3.8, 4) is 11.5 Å². The molecule has 0 unspecified atom stereocenters. The van der Waals surface area contributed by atoms with E-state index in [1.807, 2.05) is 55.5 Å². The Morgan fingerprint density at radius 2 is 1.86 bits per heavy atom. The Balaban J connectivity index is 1.72. The SMILES string of the molecule is Cc1cccc(SCc2nnc(-c3ccccc3)o2)c1N. The van der Waals surface area contributed by atoms with E-state index < -0.39 is 0 Å². The Labute approximate surface area is 127 Å². The van der Waals surface area contributed by atoms with Crippen LogP contribution in [0.15, 0.2) is 57.8 Å². The minimum atomic E-state index is 0.545. The van der Waals surface area contributed by atoms with E-state index in [0.717, 1.165) is 21.7 Å². The van der Waals surface area contributed by atoms with Gasteiger partial charge in [0.2, 0.25) is 11.8 Å². The van der Waals surface area contributed by atoms with Gasteiger partial charge in [-0.05, 0) is 30.7 Å². The molecular weight excluding hydrogens is 282 g/mol. The molecule has 0 aliphatic heterocycles. The molecule has 21 heavy (non-hydrogen) atoms. The molecule has 106 valence electrons. The fourth-order valence-electron chi connectivity index (χ4n) is 1.93. The summed E-state index contributed by atoms with van der Waals surface area (Å²) in [5.74, 6) is 1.75. The van der Waals surface area contributed by atoms with Crippen LogP contribution < -0.4 is 5.73 Å². The molecular formula is C16H15N3OS. The smallest absolute Gasteiger partial charge is 0.247 e. The number of hydrogen-bond acceptors (Lipinski definition) is 5. The molecule has 0 atom stereocenters. The van der Waals surface area contributed by atoms with Crippen molar-refractivity contribution in [1.29, 1.82) is 0 Å². The average Bonchev–Trinajstić information content (AvgIpc) is 2.99. The predicted octanol–water partition coefficient (Wildman–Crippen LogP) is 3.92. The number of aromatic nitrogens is 2. The van der Waals surface area contributed by atoms with Gasteiger partial charge in [-0.2, -0.15) is 0 Å². The minimum absolute atomic E-state index is 0.545. The van der Waals surface area contributed by atoms with Crippen LogP contribution >= 0.6 is 11.8 Å². The van der Waals surface area contributed by atoms with Gasteiger partial charge in [0.15, 0.2) is 0 Å².